The first-order valence-electron chi connectivity index (χ1n) is 8.21. The Balaban J connectivity index is 2.06. The van der Waals surface area contributed by atoms with E-state index in [1.807, 2.05) is 0 Å². The van der Waals surface area contributed by atoms with E-state index in [1.54, 1.807) is 20.0 Å². The van der Waals surface area contributed by atoms with Crippen LogP contribution in [0.25, 0.3) is 28.0 Å². The van der Waals surface area contributed by atoms with Crippen molar-refractivity contribution in [3.05, 3.63) is 58.2 Å². The molecule has 28 heavy (non-hydrogen) atoms. The number of hydrogen-bond acceptors (Lipinski definition) is 3. The van der Waals surface area contributed by atoms with Gasteiger partial charge in [0.1, 0.15) is 35.0 Å². The molecular formula is C19H14BrF3N4O. The standard InChI is InChI=1S/C19H14BrF3N4O/c1-9-16(17-12(21)6-11(28-3)7-13(17)22)19(26(2)25-9)27-8-24-15-5-10(20)4-14(23)18(15)27/h4-8H,1-3H3. The number of benzene rings is 2. The Labute approximate surface area is 166 Å². The fourth-order valence-electron chi connectivity index (χ4n) is 3.35. The van der Waals surface area contributed by atoms with E-state index in [4.69, 9.17) is 4.74 Å². The van der Waals surface area contributed by atoms with Crippen molar-refractivity contribution in [2.24, 2.45) is 7.05 Å². The molecule has 0 radical (unpaired) electrons. The summed E-state index contributed by atoms with van der Waals surface area (Å²) in [5, 5.41) is 4.29. The Hall–Kier alpha value is -2.81. The number of aryl methyl sites for hydroxylation is 2. The van der Waals surface area contributed by atoms with Crippen LogP contribution in [0.1, 0.15) is 5.69 Å². The highest BCUT2D eigenvalue weighted by Gasteiger charge is 2.25. The van der Waals surface area contributed by atoms with Crippen molar-refractivity contribution < 1.29 is 17.9 Å². The quantitative estimate of drug-likeness (QED) is 0.444. The number of ether oxygens (including phenoxy) is 1. The van der Waals surface area contributed by atoms with E-state index in [1.165, 1.54) is 28.8 Å². The highest BCUT2D eigenvalue weighted by Crippen LogP contribution is 2.37. The number of aromatic nitrogens is 4. The van der Waals surface area contributed by atoms with Gasteiger partial charge in [-0.05, 0) is 19.1 Å². The third kappa shape index (κ3) is 2.77. The summed E-state index contributed by atoms with van der Waals surface area (Å²) in [7, 11) is 2.95. The molecule has 0 fully saturated rings. The largest absolute Gasteiger partial charge is 0.497 e. The molecule has 144 valence electrons. The van der Waals surface area contributed by atoms with Crippen LogP contribution in [0.5, 0.6) is 5.75 Å². The third-order valence-electron chi connectivity index (χ3n) is 4.48. The van der Waals surface area contributed by atoms with E-state index in [0.29, 0.717) is 21.5 Å². The summed E-state index contributed by atoms with van der Waals surface area (Å²) in [5.41, 5.74) is 0.913. The molecule has 0 aliphatic rings. The highest BCUT2D eigenvalue weighted by atomic mass is 79.9. The van der Waals surface area contributed by atoms with E-state index in [2.05, 4.69) is 26.0 Å². The van der Waals surface area contributed by atoms with E-state index in [-0.39, 0.29) is 22.4 Å². The zero-order valence-electron chi connectivity index (χ0n) is 15.1. The minimum atomic E-state index is -0.804. The number of halogens is 4. The molecule has 2 heterocycles. The van der Waals surface area contributed by atoms with E-state index >= 15 is 0 Å². The highest BCUT2D eigenvalue weighted by molar-refractivity contribution is 9.10. The molecule has 4 rings (SSSR count). The van der Waals surface area contributed by atoms with Crippen LogP contribution in [0.2, 0.25) is 0 Å². The summed E-state index contributed by atoms with van der Waals surface area (Å²) >= 11 is 3.23. The van der Waals surface area contributed by atoms with Gasteiger partial charge in [0.2, 0.25) is 0 Å². The molecule has 9 heteroatoms. The van der Waals surface area contributed by atoms with Gasteiger partial charge in [-0.3, -0.25) is 9.25 Å². The molecule has 0 bridgehead atoms. The van der Waals surface area contributed by atoms with Gasteiger partial charge >= 0.3 is 0 Å². The first-order valence-corrected chi connectivity index (χ1v) is 9.00. The predicted octanol–water partition coefficient (Wildman–Crippen LogP) is 4.92. The predicted molar refractivity (Wildman–Crippen MR) is 102 cm³/mol. The van der Waals surface area contributed by atoms with Crippen LogP contribution in [0.3, 0.4) is 0 Å². The van der Waals surface area contributed by atoms with E-state index in [9.17, 15) is 13.2 Å². The zero-order chi connectivity index (χ0) is 20.2. The average Bonchev–Trinajstić information content (AvgIpc) is 3.15. The number of imidazole rings is 1. The maximum absolute atomic E-state index is 14.8. The Morgan fingerprint density at radius 2 is 1.68 bits per heavy atom. The zero-order valence-corrected chi connectivity index (χ0v) is 16.7. The Morgan fingerprint density at radius 1 is 1.00 bits per heavy atom. The molecule has 2 aromatic heterocycles. The van der Waals surface area contributed by atoms with Gasteiger partial charge in [0.15, 0.2) is 5.82 Å². The maximum Gasteiger partial charge on any atom is 0.150 e. The summed E-state index contributed by atoms with van der Waals surface area (Å²) in [6, 6.07) is 5.15. The van der Waals surface area contributed by atoms with Crippen molar-refractivity contribution in [3.8, 4) is 22.7 Å². The van der Waals surface area contributed by atoms with Crippen LogP contribution in [0.4, 0.5) is 13.2 Å². The number of rotatable bonds is 3. The molecule has 0 saturated carbocycles. The van der Waals surface area contributed by atoms with E-state index in [0.717, 1.165) is 12.1 Å². The van der Waals surface area contributed by atoms with Crippen LogP contribution in [0, 0.1) is 24.4 Å². The summed E-state index contributed by atoms with van der Waals surface area (Å²) < 4.78 is 52.6. The normalized spacial score (nSPS) is 11.4. The number of methoxy groups -OCH3 is 1. The van der Waals surface area contributed by atoms with Crippen LogP contribution in [-0.4, -0.2) is 26.4 Å². The fraction of sp³-hybridized carbons (Fsp3) is 0.158. The monoisotopic (exact) mass is 450 g/mol. The SMILES string of the molecule is COc1cc(F)c(-c2c(C)nn(C)c2-n2cnc3cc(Br)cc(F)c32)c(F)c1. The molecule has 4 aromatic rings. The second-order valence-electron chi connectivity index (χ2n) is 6.24. The molecule has 0 aliphatic heterocycles. The molecule has 0 amide bonds. The average molecular weight is 451 g/mol. The summed E-state index contributed by atoms with van der Waals surface area (Å²) in [6.45, 7) is 1.63. The number of nitrogens with zero attached hydrogens (tertiary/aromatic N) is 4. The van der Waals surface area contributed by atoms with Gasteiger partial charge in [-0.2, -0.15) is 5.10 Å². The van der Waals surface area contributed by atoms with Crippen LogP contribution < -0.4 is 4.74 Å². The van der Waals surface area contributed by atoms with E-state index < -0.39 is 17.5 Å². The smallest absolute Gasteiger partial charge is 0.150 e. The Kier molecular flexibility index (Phi) is 4.41. The van der Waals surface area contributed by atoms with Crippen molar-refractivity contribution in [1.82, 2.24) is 19.3 Å². The number of hydrogen-bond donors (Lipinski definition) is 0. The van der Waals surface area contributed by atoms with Gasteiger partial charge in [-0.15, -0.1) is 0 Å². The lowest BCUT2D eigenvalue weighted by Gasteiger charge is -2.12. The third-order valence-corrected chi connectivity index (χ3v) is 4.94. The van der Waals surface area contributed by atoms with Gasteiger partial charge in [0, 0.05) is 23.7 Å². The molecule has 0 spiro atoms. The molecular weight excluding hydrogens is 437 g/mol. The van der Waals surface area contributed by atoms with Crippen molar-refractivity contribution in [1.29, 1.82) is 0 Å². The lowest BCUT2D eigenvalue weighted by molar-refractivity contribution is 0.407. The van der Waals surface area contributed by atoms with Gasteiger partial charge in [0.05, 0.1) is 29.4 Å². The number of fused-ring (bicyclic) bond motifs is 1. The summed E-state index contributed by atoms with van der Waals surface area (Å²) in [6.07, 6.45) is 1.40. The molecule has 0 saturated heterocycles. The molecule has 0 atom stereocenters. The lowest BCUT2D eigenvalue weighted by atomic mass is 10.0. The molecule has 5 nitrogen and oxygen atoms in total. The lowest BCUT2D eigenvalue weighted by Crippen LogP contribution is -2.05. The molecule has 0 unspecified atom stereocenters. The van der Waals surface area contributed by atoms with Gasteiger partial charge in [-0.1, -0.05) is 15.9 Å². The van der Waals surface area contributed by atoms with Crippen molar-refractivity contribution in [2.45, 2.75) is 6.92 Å². The topological polar surface area (TPSA) is 44.9 Å². The van der Waals surface area contributed by atoms with Gasteiger partial charge in [-0.25, -0.2) is 18.2 Å². The van der Waals surface area contributed by atoms with Gasteiger partial charge < -0.3 is 4.74 Å². The summed E-state index contributed by atoms with van der Waals surface area (Å²) in [5.74, 6) is -1.78. The first-order chi connectivity index (χ1) is 13.3. The van der Waals surface area contributed by atoms with Crippen LogP contribution >= 0.6 is 15.9 Å². The summed E-state index contributed by atoms with van der Waals surface area (Å²) in [4.78, 5) is 4.22. The van der Waals surface area contributed by atoms with Crippen LogP contribution in [0.15, 0.2) is 35.1 Å². The minimum Gasteiger partial charge on any atom is -0.497 e. The first kappa shape index (κ1) is 18.5. The molecule has 2 aromatic carbocycles. The van der Waals surface area contributed by atoms with Crippen molar-refractivity contribution >= 4 is 27.0 Å². The Morgan fingerprint density at radius 3 is 2.32 bits per heavy atom. The second-order valence-corrected chi connectivity index (χ2v) is 7.16. The minimum absolute atomic E-state index is 0.0609. The second kappa shape index (κ2) is 6.66. The van der Waals surface area contributed by atoms with Gasteiger partial charge in [0.25, 0.3) is 0 Å². The molecule has 0 aliphatic carbocycles. The Bertz CT molecular complexity index is 1210. The van der Waals surface area contributed by atoms with Crippen molar-refractivity contribution in [2.75, 3.05) is 7.11 Å². The van der Waals surface area contributed by atoms with Crippen LogP contribution in [-0.2, 0) is 7.05 Å². The maximum atomic E-state index is 14.8. The molecule has 0 N–H and O–H groups in total. The fourth-order valence-corrected chi connectivity index (χ4v) is 3.77. The van der Waals surface area contributed by atoms with Crippen molar-refractivity contribution in [3.63, 3.8) is 0 Å².